The molecular weight excluding hydrogens is 156 g/mol. The van der Waals surface area contributed by atoms with E-state index in [-0.39, 0.29) is 25.6 Å². The number of quaternary nitrogens is 1. The van der Waals surface area contributed by atoms with Crippen molar-refractivity contribution in [1.29, 1.82) is 0 Å². The number of likely N-dealkylation sites (N-methyl/N-ethyl adjacent to an activating group) is 1. The number of aliphatic hydroxyl groups excluding tert-OH is 1. The van der Waals surface area contributed by atoms with E-state index in [1.54, 1.807) is 0 Å². The summed E-state index contributed by atoms with van der Waals surface area (Å²) in [7, 11) is 1.17. The van der Waals surface area contributed by atoms with E-state index in [1.807, 2.05) is 0 Å². The zero-order valence-electron chi connectivity index (χ0n) is 5.75. The topological polar surface area (TPSA) is 37.3 Å². The van der Waals surface area contributed by atoms with Gasteiger partial charge in [0.2, 0.25) is 0 Å². The number of nitrogens with zero attached hydrogens (tertiary/aromatic N) is 1. The Morgan fingerprint density at radius 2 is 2.40 bits per heavy atom. The van der Waals surface area contributed by atoms with Crippen LogP contribution >= 0.6 is 7.92 Å². The summed E-state index contributed by atoms with van der Waals surface area (Å²) in [4.78, 5) is 0. The summed E-state index contributed by atoms with van der Waals surface area (Å²) in [5.74, 6) is 2.33. The fraction of sp³-hybridized carbons (Fsp3) is 0.800. The summed E-state index contributed by atoms with van der Waals surface area (Å²) in [6, 6.07) is 0. The molecular formula is C5H10FNO2P+. The predicted molar refractivity (Wildman–Crippen MR) is 35.6 cm³/mol. The molecule has 0 heterocycles. The third kappa shape index (κ3) is 3.14. The molecule has 5 heteroatoms. The molecule has 0 spiro atoms. The molecule has 1 unspecified atom stereocenters. The average molecular weight is 166 g/mol. The molecule has 0 fully saturated rings. The van der Waals surface area contributed by atoms with Crippen molar-refractivity contribution in [3.63, 3.8) is 0 Å². The second-order valence-corrected chi connectivity index (χ2v) is 2.54. The van der Waals surface area contributed by atoms with Crippen molar-refractivity contribution in [2.24, 2.45) is 0 Å². The van der Waals surface area contributed by atoms with Crippen LogP contribution in [0, 0.1) is 5.75 Å². The Hall–Kier alpha value is -0.140. The van der Waals surface area contributed by atoms with E-state index >= 15 is 0 Å². The molecule has 0 aliphatic heterocycles. The van der Waals surface area contributed by atoms with Crippen LogP contribution in [0.3, 0.4) is 0 Å². The molecule has 0 saturated carbocycles. The van der Waals surface area contributed by atoms with Gasteiger partial charge in [-0.3, -0.25) is 0 Å². The van der Waals surface area contributed by atoms with Crippen LogP contribution in [0.2, 0.25) is 0 Å². The second-order valence-electron chi connectivity index (χ2n) is 2.15. The quantitative estimate of drug-likeness (QED) is 0.378. The molecule has 0 bridgehead atoms. The first-order chi connectivity index (χ1) is 4.68. The predicted octanol–water partition coefficient (Wildman–Crippen LogP) is 0.561. The molecule has 0 amide bonds. The van der Waals surface area contributed by atoms with Crippen molar-refractivity contribution in [2.45, 2.75) is 0 Å². The molecule has 3 nitrogen and oxygen atoms in total. The molecule has 0 aromatic carbocycles. The van der Waals surface area contributed by atoms with Crippen LogP contribution < -0.4 is 0 Å². The van der Waals surface area contributed by atoms with Gasteiger partial charge in [0.1, 0.15) is 0 Å². The van der Waals surface area contributed by atoms with Gasteiger partial charge in [0.15, 0.2) is 0 Å². The van der Waals surface area contributed by atoms with E-state index in [4.69, 9.17) is 5.11 Å². The third-order valence-electron chi connectivity index (χ3n) is 1.14. The minimum atomic E-state index is -0.699. The van der Waals surface area contributed by atoms with E-state index in [1.165, 1.54) is 7.05 Å². The number of halogens is 1. The van der Waals surface area contributed by atoms with Crippen molar-refractivity contribution < 1.29 is 18.5 Å². The van der Waals surface area contributed by atoms with Gasteiger partial charge < -0.3 is 0 Å². The van der Waals surface area contributed by atoms with E-state index in [0.29, 0.717) is 0 Å². The van der Waals surface area contributed by atoms with E-state index in [0.717, 1.165) is 0 Å². The Morgan fingerprint density at radius 1 is 1.80 bits per heavy atom. The molecule has 1 N–H and O–H groups in total. The molecule has 58 valence electrons. The summed E-state index contributed by atoms with van der Waals surface area (Å²) < 4.78 is 21.8. The van der Waals surface area contributed by atoms with Gasteiger partial charge in [0, 0.05) is 0 Å². The van der Waals surface area contributed by atoms with E-state index in [2.05, 4.69) is 5.75 Å². The monoisotopic (exact) mass is 166 g/mol. The number of hydrogen-bond donors (Lipinski definition) is 1. The molecule has 1 atom stereocenters. The Labute approximate surface area is 60.2 Å². The Bertz CT molecular complexity index is 191. The van der Waals surface area contributed by atoms with Gasteiger partial charge in [-0.25, -0.2) is 0 Å². The van der Waals surface area contributed by atoms with Gasteiger partial charge >= 0.3 is 59.2 Å². The van der Waals surface area contributed by atoms with Gasteiger partial charge in [-0.2, -0.15) is 0 Å². The molecule has 0 radical (unpaired) electrons. The van der Waals surface area contributed by atoms with Crippen LogP contribution in [0.1, 0.15) is 0 Å². The van der Waals surface area contributed by atoms with Gasteiger partial charge in [0.25, 0.3) is 0 Å². The molecule has 0 aliphatic rings. The van der Waals surface area contributed by atoms with Gasteiger partial charge in [-0.1, -0.05) is 0 Å². The zero-order valence-corrected chi connectivity index (χ0v) is 6.64. The second kappa shape index (κ2) is 4.64. The third-order valence-corrected chi connectivity index (χ3v) is 1.70. The molecule has 0 aromatic rings. The standard InChI is InChI=1S/C5H10FNO2P/c1-7(4-6,2-3-8)5-10-9/h8H,2-4H2,1H3/q+1. The SMILES string of the molecule is C[N+](C#P=O)(CF)CCO. The van der Waals surface area contributed by atoms with Crippen LogP contribution in [0.25, 0.3) is 0 Å². The number of alkyl halides is 1. The first kappa shape index (κ1) is 9.86. The normalized spacial score (nSPS) is 15.5. The van der Waals surface area contributed by atoms with Gasteiger partial charge in [0.05, 0.1) is 0 Å². The summed E-state index contributed by atoms with van der Waals surface area (Å²) in [6.07, 6.45) is 0. The minimum absolute atomic E-state index is 0.136. The average Bonchev–Trinajstić information content (AvgIpc) is 1.89. The van der Waals surface area contributed by atoms with Crippen molar-refractivity contribution in [3.05, 3.63) is 0 Å². The summed E-state index contributed by atoms with van der Waals surface area (Å²) >= 11 is 0. The number of aliphatic hydroxyl groups is 1. The van der Waals surface area contributed by atoms with Crippen molar-refractivity contribution in [1.82, 2.24) is 0 Å². The summed E-state index contributed by atoms with van der Waals surface area (Å²) in [5, 5.41) is 8.43. The number of rotatable bonds is 3. The fourth-order valence-corrected chi connectivity index (χ4v) is 0.806. The van der Waals surface area contributed by atoms with E-state index in [9.17, 15) is 8.96 Å². The van der Waals surface area contributed by atoms with Crippen LogP contribution in [0.15, 0.2) is 0 Å². The summed E-state index contributed by atoms with van der Waals surface area (Å²) in [6.45, 7) is -0.634. The first-order valence-corrected chi connectivity index (χ1v) is 3.61. The maximum atomic E-state index is 12.1. The first-order valence-electron chi connectivity index (χ1n) is 2.79. The Morgan fingerprint density at radius 3 is 2.70 bits per heavy atom. The molecule has 0 rings (SSSR count). The van der Waals surface area contributed by atoms with Gasteiger partial charge in [-0.05, 0) is 0 Å². The summed E-state index contributed by atoms with van der Waals surface area (Å²) in [5.41, 5.74) is 0. The Kier molecular flexibility index (Phi) is 4.58. The molecule has 0 aromatic heterocycles. The van der Waals surface area contributed by atoms with Crippen molar-refractivity contribution >= 4 is 7.92 Å². The maximum absolute atomic E-state index is 12.1. The van der Waals surface area contributed by atoms with Crippen molar-refractivity contribution in [3.8, 4) is 5.75 Å². The van der Waals surface area contributed by atoms with Crippen LogP contribution in [-0.2, 0) is 4.57 Å². The molecule has 0 aliphatic carbocycles. The fourth-order valence-electron chi connectivity index (χ4n) is 0.456. The molecule has 10 heavy (non-hydrogen) atoms. The van der Waals surface area contributed by atoms with Crippen LogP contribution in [-0.4, -0.2) is 36.6 Å². The number of hydrogen-bond acceptors (Lipinski definition) is 2. The van der Waals surface area contributed by atoms with Gasteiger partial charge in [-0.15, -0.1) is 0 Å². The Balaban J connectivity index is 4.17. The van der Waals surface area contributed by atoms with Crippen LogP contribution in [0.4, 0.5) is 4.39 Å². The molecule has 0 saturated heterocycles. The van der Waals surface area contributed by atoms with Crippen molar-refractivity contribution in [2.75, 3.05) is 27.0 Å². The van der Waals surface area contributed by atoms with E-state index < -0.39 is 6.80 Å². The zero-order chi connectivity index (χ0) is 8.04. The van der Waals surface area contributed by atoms with Crippen LogP contribution in [0.5, 0.6) is 0 Å².